The van der Waals surface area contributed by atoms with Crippen LogP contribution < -0.4 is 5.32 Å². The van der Waals surface area contributed by atoms with Gasteiger partial charge in [0.05, 0.1) is 5.69 Å². The number of hydrogen-bond donors (Lipinski definition) is 1. The number of rotatable bonds is 6. The molecule has 0 amide bonds. The molecule has 2 rings (SSSR count). The van der Waals surface area contributed by atoms with Crippen LogP contribution in [0.2, 0.25) is 0 Å². The smallest absolute Gasteiger partial charge is 0.112 e. The predicted molar refractivity (Wildman–Crippen MR) is 79.7 cm³/mol. The van der Waals surface area contributed by atoms with E-state index in [9.17, 15) is 0 Å². The molecule has 1 atom stereocenters. The maximum atomic E-state index is 4.42. The largest absolute Gasteiger partial charge is 0.310 e. The van der Waals surface area contributed by atoms with Crippen LogP contribution in [0.1, 0.15) is 44.6 Å². The molecule has 0 fully saturated rings. The third-order valence-corrected chi connectivity index (χ3v) is 3.40. The quantitative estimate of drug-likeness (QED) is 0.858. The molecule has 0 aliphatic heterocycles. The van der Waals surface area contributed by atoms with Gasteiger partial charge in [0.2, 0.25) is 0 Å². The van der Waals surface area contributed by atoms with Gasteiger partial charge in [0, 0.05) is 24.9 Å². The molecular formula is C16H23N3. The monoisotopic (exact) mass is 257 g/mol. The van der Waals surface area contributed by atoms with E-state index in [0.29, 0.717) is 6.04 Å². The summed E-state index contributed by atoms with van der Waals surface area (Å²) >= 11 is 0. The Morgan fingerprint density at radius 3 is 2.79 bits per heavy atom. The van der Waals surface area contributed by atoms with Crippen LogP contribution in [0.5, 0.6) is 0 Å². The van der Waals surface area contributed by atoms with Gasteiger partial charge in [-0.15, -0.1) is 0 Å². The van der Waals surface area contributed by atoms with E-state index in [4.69, 9.17) is 0 Å². The number of aromatic nitrogens is 2. The highest BCUT2D eigenvalue weighted by Crippen LogP contribution is 2.22. The second-order valence-electron chi connectivity index (χ2n) is 4.80. The van der Waals surface area contributed by atoms with Crippen molar-refractivity contribution in [2.24, 2.45) is 0 Å². The van der Waals surface area contributed by atoms with Crippen molar-refractivity contribution in [3.63, 3.8) is 0 Å². The molecular weight excluding hydrogens is 234 g/mol. The number of imidazole rings is 1. The van der Waals surface area contributed by atoms with E-state index in [2.05, 4.69) is 59.9 Å². The lowest BCUT2D eigenvalue weighted by Crippen LogP contribution is -2.20. The Morgan fingerprint density at radius 2 is 2.05 bits per heavy atom. The predicted octanol–water partition coefficient (Wildman–Crippen LogP) is 3.50. The Labute approximate surface area is 115 Å². The highest BCUT2D eigenvalue weighted by Gasteiger charge is 2.12. The second kappa shape index (κ2) is 6.53. The molecule has 0 saturated carbocycles. The van der Waals surface area contributed by atoms with Crippen LogP contribution in [0, 0.1) is 0 Å². The van der Waals surface area contributed by atoms with Gasteiger partial charge in [0.25, 0.3) is 0 Å². The highest BCUT2D eigenvalue weighted by atomic mass is 15.1. The lowest BCUT2D eigenvalue weighted by molar-refractivity contribution is 0.568. The summed E-state index contributed by atoms with van der Waals surface area (Å²) in [4.78, 5) is 4.42. The minimum Gasteiger partial charge on any atom is -0.310 e. The van der Waals surface area contributed by atoms with Gasteiger partial charge in [-0.25, -0.2) is 4.98 Å². The fourth-order valence-corrected chi connectivity index (χ4v) is 2.36. The third-order valence-electron chi connectivity index (χ3n) is 3.40. The van der Waals surface area contributed by atoms with E-state index < -0.39 is 0 Å². The topological polar surface area (TPSA) is 29.9 Å². The first-order chi connectivity index (χ1) is 9.27. The minimum atomic E-state index is 0.350. The van der Waals surface area contributed by atoms with Crippen molar-refractivity contribution in [2.75, 3.05) is 6.54 Å². The van der Waals surface area contributed by atoms with Gasteiger partial charge in [0.1, 0.15) is 5.82 Å². The Bertz CT molecular complexity index is 516. The van der Waals surface area contributed by atoms with Crippen LogP contribution in [0.3, 0.4) is 0 Å². The summed E-state index contributed by atoms with van der Waals surface area (Å²) in [5.41, 5.74) is 2.55. The standard InChI is InChI=1S/C16H23N3/c1-4-10-17-13(3)14-8-6-7-9-15(14)19-12-11-18-16(19)5-2/h6-9,11-13,17H,4-5,10H2,1-3H3. The molecule has 1 heterocycles. The molecule has 1 unspecified atom stereocenters. The first-order valence-corrected chi connectivity index (χ1v) is 7.12. The summed E-state index contributed by atoms with van der Waals surface area (Å²) in [7, 11) is 0. The number of nitrogens with zero attached hydrogens (tertiary/aromatic N) is 2. The number of benzene rings is 1. The molecule has 0 radical (unpaired) electrons. The Hall–Kier alpha value is -1.61. The number of para-hydroxylation sites is 1. The summed E-state index contributed by atoms with van der Waals surface area (Å²) in [5.74, 6) is 1.11. The van der Waals surface area contributed by atoms with Gasteiger partial charge < -0.3 is 9.88 Å². The summed E-state index contributed by atoms with van der Waals surface area (Å²) in [6.45, 7) is 7.59. The van der Waals surface area contributed by atoms with Gasteiger partial charge >= 0.3 is 0 Å². The number of nitrogens with one attached hydrogen (secondary N) is 1. The summed E-state index contributed by atoms with van der Waals surface area (Å²) in [6, 6.07) is 8.90. The molecule has 3 nitrogen and oxygen atoms in total. The zero-order valence-electron chi connectivity index (χ0n) is 12.1. The molecule has 0 saturated heterocycles. The van der Waals surface area contributed by atoms with Gasteiger partial charge in [-0.3, -0.25) is 0 Å². The summed E-state index contributed by atoms with van der Waals surface area (Å²) in [5, 5.41) is 3.55. The van der Waals surface area contributed by atoms with E-state index in [1.54, 1.807) is 0 Å². The van der Waals surface area contributed by atoms with Crippen LogP contribution in [-0.2, 0) is 6.42 Å². The normalized spacial score (nSPS) is 12.6. The maximum absolute atomic E-state index is 4.42. The third kappa shape index (κ3) is 3.04. The SMILES string of the molecule is CCCNC(C)c1ccccc1-n1ccnc1CC. The molecule has 19 heavy (non-hydrogen) atoms. The zero-order valence-corrected chi connectivity index (χ0v) is 12.1. The van der Waals surface area contributed by atoms with E-state index >= 15 is 0 Å². The Balaban J connectivity index is 2.36. The van der Waals surface area contributed by atoms with Crippen molar-refractivity contribution in [1.29, 1.82) is 0 Å². The van der Waals surface area contributed by atoms with Crippen molar-refractivity contribution >= 4 is 0 Å². The fraction of sp³-hybridized carbons (Fsp3) is 0.438. The number of aryl methyl sites for hydroxylation is 1. The van der Waals surface area contributed by atoms with Crippen molar-refractivity contribution < 1.29 is 0 Å². The first-order valence-electron chi connectivity index (χ1n) is 7.12. The van der Waals surface area contributed by atoms with Gasteiger partial charge in [0.15, 0.2) is 0 Å². The Kier molecular flexibility index (Phi) is 4.74. The molecule has 1 aromatic heterocycles. The lowest BCUT2D eigenvalue weighted by Gasteiger charge is -2.19. The minimum absolute atomic E-state index is 0.350. The van der Waals surface area contributed by atoms with E-state index in [-0.39, 0.29) is 0 Å². The van der Waals surface area contributed by atoms with Crippen molar-refractivity contribution in [2.45, 2.75) is 39.7 Å². The number of hydrogen-bond acceptors (Lipinski definition) is 2. The Morgan fingerprint density at radius 1 is 1.26 bits per heavy atom. The molecule has 102 valence electrons. The van der Waals surface area contributed by atoms with Crippen LogP contribution in [-0.4, -0.2) is 16.1 Å². The molecule has 2 aromatic rings. The van der Waals surface area contributed by atoms with Crippen LogP contribution >= 0.6 is 0 Å². The lowest BCUT2D eigenvalue weighted by atomic mass is 10.1. The van der Waals surface area contributed by atoms with Crippen molar-refractivity contribution in [3.8, 4) is 5.69 Å². The first kappa shape index (κ1) is 13.8. The van der Waals surface area contributed by atoms with Crippen molar-refractivity contribution in [3.05, 3.63) is 48.0 Å². The summed E-state index contributed by atoms with van der Waals surface area (Å²) < 4.78 is 2.19. The zero-order chi connectivity index (χ0) is 13.7. The van der Waals surface area contributed by atoms with E-state index in [1.165, 1.54) is 11.3 Å². The molecule has 1 aromatic carbocycles. The molecule has 1 N–H and O–H groups in total. The second-order valence-corrected chi connectivity index (χ2v) is 4.80. The average molecular weight is 257 g/mol. The maximum Gasteiger partial charge on any atom is 0.112 e. The average Bonchev–Trinajstić information content (AvgIpc) is 2.93. The summed E-state index contributed by atoms with van der Waals surface area (Å²) in [6.07, 6.45) is 6.01. The fourth-order valence-electron chi connectivity index (χ4n) is 2.36. The van der Waals surface area contributed by atoms with E-state index in [1.807, 2.05) is 12.4 Å². The highest BCUT2D eigenvalue weighted by molar-refractivity contribution is 5.43. The van der Waals surface area contributed by atoms with Crippen molar-refractivity contribution in [1.82, 2.24) is 14.9 Å². The van der Waals surface area contributed by atoms with Crippen LogP contribution in [0.4, 0.5) is 0 Å². The molecule has 0 aliphatic carbocycles. The molecule has 3 heteroatoms. The van der Waals surface area contributed by atoms with Gasteiger partial charge in [-0.1, -0.05) is 32.0 Å². The van der Waals surface area contributed by atoms with Gasteiger partial charge in [-0.2, -0.15) is 0 Å². The van der Waals surface area contributed by atoms with Crippen LogP contribution in [0.25, 0.3) is 5.69 Å². The molecule has 0 aliphatic rings. The van der Waals surface area contributed by atoms with E-state index in [0.717, 1.165) is 25.2 Å². The molecule has 0 spiro atoms. The van der Waals surface area contributed by atoms with Crippen LogP contribution in [0.15, 0.2) is 36.7 Å². The molecule has 0 bridgehead atoms. The van der Waals surface area contributed by atoms with Gasteiger partial charge in [-0.05, 0) is 31.5 Å².